The molecule has 1 aromatic heterocycles. The summed E-state index contributed by atoms with van der Waals surface area (Å²) in [6.45, 7) is 10.6. The molecule has 0 aliphatic heterocycles. The zero-order valence-corrected chi connectivity index (χ0v) is 11.7. The third kappa shape index (κ3) is 4.87. The Labute approximate surface area is 109 Å². The highest BCUT2D eigenvalue weighted by atomic mass is 16.5. The number of anilines is 2. The minimum Gasteiger partial charge on any atom is -0.380 e. The summed E-state index contributed by atoms with van der Waals surface area (Å²) >= 11 is 0. The molecule has 0 bridgehead atoms. The topological polar surface area (TPSA) is 59.1 Å². The minimum atomic E-state index is 0.246. The second-order valence-electron chi connectivity index (χ2n) is 4.47. The van der Waals surface area contributed by atoms with Crippen LogP contribution in [0.4, 0.5) is 11.6 Å². The zero-order chi connectivity index (χ0) is 13.4. The van der Waals surface area contributed by atoms with Gasteiger partial charge >= 0.3 is 0 Å². The number of hydrogen-bond donors (Lipinski definition) is 2. The van der Waals surface area contributed by atoms with Gasteiger partial charge in [-0.25, -0.2) is 4.98 Å². The van der Waals surface area contributed by atoms with E-state index >= 15 is 0 Å². The molecule has 5 nitrogen and oxygen atoms in total. The lowest BCUT2D eigenvalue weighted by Crippen LogP contribution is -2.31. The molecule has 5 heteroatoms. The van der Waals surface area contributed by atoms with Crippen molar-refractivity contribution < 1.29 is 4.74 Å². The molecule has 1 heterocycles. The van der Waals surface area contributed by atoms with Gasteiger partial charge in [-0.15, -0.1) is 0 Å². The van der Waals surface area contributed by atoms with Crippen LogP contribution < -0.4 is 10.6 Å². The second-order valence-corrected chi connectivity index (χ2v) is 4.47. The van der Waals surface area contributed by atoms with Gasteiger partial charge in [0.2, 0.25) is 0 Å². The maximum atomic E-state index is 5.48. The number of aromatic nitrogens is 2. The Hall–Kier alpha value is -1.36. The first-order chi connectivity index (χ1) is 8.67. The summed E-state index contributed by atoms with van der Waals surface area (Å²) in [5.41, 5.74) is 0. The van der Waals surface area contributed by atoms with Crippen molar-refractivity contribution >= 4 is 11.6 Å². The highest BCUT2D eigenvalue weighted by Gasteiger charge is 2.14. The van der Waals surface area contributed by atoms with Crippen LogP contribution in [0.1, 0.15) is 27.7 Å². The lowest BCUT2D eigenvalue weighted by molar-refractivity contribution is 0.126. The Morgan fingerprint density at radius 3 is 2.56 bits per heavy atom. The maximum Gasteiger partial charge on any atom is 0.147 e. The van der Waals surface area contributed by atoms with Crippen molar-refractivity contribution in [3.05, 3.63) is 12.4 Å². The Morgan fingerprint density at radius 2 is 1.94 bits per heavy atom. The normalized spacial score (nSPS) is 12.5. The fourth-order valence-corrected chi connectivity index (χ4v) is 1.54. The van der Waals surface area contributed by atoms with Crippen LogP contribution in [0.5, 0.6) is 0 Å². The first-order valence-corrected chi connectivity index (χ1v) is 6.57. The number of nitrogens with one attached hydrogen (secondary N) is 2. The molecule has 1 rings (SSSR count). The van der Waals surface area contributed by atoms with E-state index in [0.29, 0.717) is 12.5 Å². The maximum absolute atomic E-state index is 5.48. The van der Waals surface area contributed by atoms with Gasteiger partial charge in [0.1, 0.15) is 11.6 Å². The van der Waals surface area contributed by atoms with Gasteiger partial charge in [-0.1, -0.05) is 13.8 Å². The van der Waals surface area contributed by atoms with E-state index in [2.05, 4.69) is 34.4 Å². The number of rotatable bonds is 8. The Balaban J connectivity index is 2.64. The Bertz CT molecular complexity index is 344. The van der Waals surface area contributed by atoms with Gasteiger partial charge in [-0.3, -0.25) is 4.98 Å². The number of nitrogens with zero attached hydrogens (tertiary/aromatic N) is 2. The van der Waals surface area contributed by atoms with Crippen LogP contribution in [0.3, 0.4) is 0 Å². The van der Waals surface area contributed by atoms with E-state index in [1.165, 1.54) is 0 Å². The molecule has 0 radical (unpaired) electrons. The average molecular weight is 252 g/mol. The predicted octanol–water partition coefficient (Wildman–Crippen LogP) is 2.38. The summed E-state index contributed by atoms with van der Waals surface area (Å²) in [6.07, 6.45) is 3.46. The fourth-order valence-electron chi connectivity index (χ4n) is 1.54. The second kappa shape index (κ2) is 7.87. The first kappa shape index (κ1) is 14.7. The van der Waals surface area contributed by atoms with Crippen molar-refractivity contribution in [2.24, 2.45) is 5.92 Å². The third-order valence-electron chi connectivity index (χ3n) is 2.63. The van der Waals surface area contributed by atoms with Crippen molar-refractivity contribution in [3.63, 3.8) is 0 Å². The summed E-state index contributed by atoms with van der Waals surface area (Å²) in [6, 6.07) is 0.246. The van der Waals surface area contributed by atoms with Gasteiger partial charge in [0.05, 0.1) is 25.0 Å². The smallest absolute Gasteiger partial charge is 0.147 e. The van der Waals surface area contributed by atoms with Crippen LogP contribution in [-0.4, -0.2) is 35.8 Å². The predicted molar refractivity (Wildman–Crippen MR) is 74.9 cm³/mol. The van der Waals surface area contributed by atoms with E-state index in [4.69, 9.17) is 4.74 Å². The minimum absolute atomic E-state index is 0.246. The molecule has 1 atom stereocenters. The number of hydrogen-bond acceptors (Lipinski definition) is 5. The van der Waals surface area contributed by atoms with Crippen LogP contribution in [0.25, 0.3) is 0 Å². The molecule has 18 heavy (non-hydrogen) atoms. The van der Waals surface area contributed by atoms with Gasteiger partial charge in [-0.05, 0) is 19.8 Å². The molecule has 1 unspecified atom stereocenters. The lowest BCUT2D eigenvalue weighted by atomic mass is 10.1. The SMILES string of the molecule is CCNc1cncc(NC(COCC)C(C)C)n1. The number of ether oxygens (including phenoxy) is 1. The molecule has 102 valence electrons. The van der Waals surface area contributed by atoms with Gasteiger partial charge in [-0.2, -0.15) is 0 Å². The molecule has 0 aromatic carbocycles. The molecule has 0 saturated heterocycles. The molecular formula is C13H24N4O. The molecule has 0 spiro atoms. The van der Waals surface area contributed by atoms with Gasteiger partial charge in [0.15, 0.2) is 0 Å². The Morgan fingerprint density at radius 1 is 1.22 bits per heavy atom. The average Bonchev–Trinajstić information content (AvgIpc) is 2.35. The van der Waals surface area contributed by atoms with Crippen LogP contribution in [0.2, 0.25) is 0 Å². The van der Waals surface area contributed by atoms with Crippen LogP contribution in [0, 0.1) is 5.92 Å². The van der Waals surface area contributed by atoms with E-state index in [1.807, 2.05) is 13.8 Å². The van der Waals surface area contributed by atoms with Crippen molar-refractivity contribution in [2.75, 3.05) is 30.4 Å². The molecular weight excluding hydrogens is 228 g/mol. The summed E-state index contributed by atoms with van der Waals surface area (Å²) < 4.78 is 5.48. The summed E-state index contributed by atoms with van der Waals surface area (Å²) in [4.78, 5) is 8.62. The molecule has 0 aliphatic rings. The van der Waals surface area contributed by atoms with Gasteiger partial charge in [0.25, 0.3) is 0 Å². The van der Waals surface area contributed by atoms with Gasteiger partial charge < -0.3 is 15.4 Å². The van der Waals surface area contributed by atoms with E-state index in [9.17, 15) is 0 Å². The quantitative estimate of drug-likeness (QED) is 0.744. The third-order valence-corrected chi connectivity index (χ3v) is 2.63. The molecule has 0 saturated carbocycles. The monoisotopic (exact) mass is 252 g/mol. The van der Waals surface area contributed by atoms with Crippen LogP contribution >= 0.6 is 0 Å². The van der Waals surface area contributed by atoms with Crippen molar-refractivity contribution in [1.82, 2.24) is 9.97 Å². The van der Waals surface area contributed by atoms with E-state index in [1.54, 1.807) is 12.4 Å². The summed E-state index contributed by atoms with van der Waals surface area (Å²) in [5, 5.41) is 6.52. The standard InChI is InChI=1S/C13H24N4O/c1-5-15-12-7-14-8-13(17-12)16-11(10(3)4)9-18-6-2/h7-8,10-11H,5-6,9H2,1-4H3,(H2,15,16,17). The molecule has 0 aliphatic carbocycles. The molecule has 0 fully saturated rings. The van der Waals surface area contributed by atoms with Crippen molar-refractivity contribution in [3.8, 4) is 0 Å². The van der Waals surface area contributed by atoms with Gasteiger partial charge in [0, 0.05) is 13.2 Å². The summed E-state index contributed by atoms with van der Waals surface area (Å²) in [5.74, 6) is 2.05. The fraction of sp³-hybridized carbons (Fsp3) is 0.692. The van der Waals surface area contributed by atoms with Crippen molar-refractivity contribution in [1.29, 1.82) is 0 Å². The summed E-state index contributed by atoms with van der Waals surface area (Å²) in [7, 11) is 0. The van der Waals surface area contributed by atoms with E-state index in [0.717, 1.165) is 24.8 Å². The van der Waals surface area contributed by atoms with Crippen LogP contribution in [0.15, 0.2) is 12.4 Å². The molecule has 1 aromatic rings. The van der Waals surface area contributed by atoms with Crippen molar-refractivity contribution in [2.45, 2.75) is 33.7 Å². The van der Waals surface area contributed by atoms with E-state index in [-0.39, 0.29) is 6.04 Å². The van der Waals surface area contributed by atoms with Crippen LogP contribution in [-0.2, 0) is 4.74 Å². The lowest BCUT2D eigenvalue weighted by Gasteiger charge is -2.22. The Kier molecular flexibility index (Phi) is 6.43. The van der Waals surface area contributed by atoms with E-state index < -0.39 is 0 Å². The highest BCUT2D eigenvalue weighted by molar-refractivity contribution is 5.42. The zero-order valence-electron chi connectivity index (χ0n) is 11.7. The largest absolute Gasteiger partial charge is 0.380 e. The highest BCUT2D eigenvalue weighted by Crippen LogP contribution is 2.12. The molecule has 2 N–H and O–H groups in total. The first-order valence-electron chi connectivity index (χ1n) is 6.57. The molecule has 0 amide bonds.